The summed E-state index contributed by atoms with van der Waals surface area (Å²) in [5.74, 6) is 1.53. The number of nitrogens with zero attached hydrogens (tertiary/aromatic N) is 1. The van der Waals surface area contributed by atoms with Crippen LogP contribution in [0.25, 0.3) is 0 Å². The van der Waals surface area contributed by atoms with E-state index in [9.17, 15) is 0 Å². The van der Waals surface area contributed by atoms with Gasteiger partial charge in [0.15, 0.2) is 0 Å². The minimum absolute atomic E-state index is 0.615. The molecule has 0 aliphatic rings. The lowest BCUT2D eigenvalue weighted by Gasteiger charge is -2.06. The summed E-state index contributed by atoms with van der Waals surface area (Å²) >= 11 is 3.38. The number of nitrogens with two attached hydrogens (primary N) is 1. The highest BCUT2D eigenvalue weighted by molar-refractivity contribution is 9.10. The normalized spacial score (nSPS) is 10.2. The third kappa shape index (κ3) is 3.54. The van der Waals surface area contributed by atoms with Gasteiger partial charge in [0.05, 0.1) is 6.20 Å². The molecule has 4 heteroatoms. The number of benzene rings is 1. The Balaban J connectivity index is 2.12. The molecule has 0 spiro atoms. The van der Waals surface area contributed by atoms with Gasteiger partial charge in [-0.25, -0.2) is 0 Å². The molecule has 0 aliphatic carbocycles. The number of pyridine rings is 1. The second-order valence-corrected chi connectivity index (χ2v) is 4.54. The molecule has 0 fully saturated rings. The van der Waals surface area contributed by atoms with Gasteiger partial charge in [-0.3, -0.25) is 4.98 Å². The molecule has 0 unspecified atom stereocenters. The molecule has 0 saturated heterocycles. The molecule has 2 rings (SSSR count). The molecule has 0 amide bonds. The van der Waals surface area contributed by atoms with Crippen LogP contribution in [0.1, 0.15) is 5.56 Å². The molecule has 0 bridgehead atoms. The third-order valence-electron chi connectivity index (χ3n) is 2.25. The molecule has 88 valence electrons. The van der Waals surface area contributed by atoms with Gasteiger partial charge in [0, 0.05) is 10.7 Å². The summed E-state index contributed by atoms with van der Waals surface area (Å²) in [4.78, 5) is 4.13. The van der Waals surface area contributed by atoms with E-state index in [2.05, 4.69) is 20.9 Å². The van der Waals surface area contributed by atoms with Gasteiger partial charge in [0.1, 0.15) is 11.5 Å². The van der Waals surface area contributed by atoms with E-state index in [0.29, 0.717) is 6.54 Å². The van der Waals surface area contributed by atoms with E-state index in [4.69, 9.17) is 10.5 Å². The lowest BCUT2D eigenvalue weighted by Crippen LogP contribution is -2.03. The molecule has 0 saturated carbocycles. The van der Waals surface area contributed by atoms with E-state index in [-0.39, 0.29) is 0 Å². The summed E-state index contributed by atoms with van der Waals surface area (Å²) < 4.78 is 6.72. The monoisotopic (exact) mass is 292 g/mol. The summed E-state index contributed by atoms with van der Waals surface area (Å²) in [5.41, 5.74) is 6.59. The fourth-order valence-electron chi connectivity index (χ4n) is 1.46. The van der Waals surface area contributed by atoms with Crippen LogP contribution >= 0.6 is 15.9 Å². The Bertz CT molecular complexity index is 485. The highest BCUT2D eigenvalue weighted by Crippen LogP contribution is 2.23. The Labute approximate surface area is 109 Å². The first kappa shape index (κ1) is 12.1. The number of halogens is 1. The van der Waals surface area contributed by atoms with Crippen LogP contribution in [0.5, 0.6) is 11.5 Å². The maximum atomic E-state index is 5.70. The van der Waals surface area contributed by atoms with Crippen LogP contribution in [0, 0.1) is 0 Å². The Hall–Kier alpha value is -1.39. The van der Waals surface area contributed by atoms with Gasteiger partial charge >= 0.3 is 0 Å². The van der Waals surface area contributed by atoms with Crippen LogP contribution in [0.3, 0.4) is 0 Å². The quantitative estimate of drug-likeness (QED) is 0.942. The van der Waals surface area contributed by atoms with E-state index in [1.165, 1.54) is 0 Å². The second kappa shape index (κ2) is 5.80. The second-order valence-electron chi connectivity index (χ2n) is 3.62. The maximum Gasteiger partial charge on any atom is 0.145 e. The molecule has 1 heterocycles. The van der Waals surface area contributed by atoms with Crippen LogP contribution < -0.4 is 10.5 Å². The zero-order chi connectivity index (χ0) is 12.1. The van der Waals surface area contributed by atoms with E-state index in [1.54, 1.807) is 12.4 Å². The molecular formula is C13H13BrN2O. The van der Waals surface area contributed by atoms with Crippen molar-refractivity contribution in [3.05, 3.63) is 52.8 Å². The van der Waals surface area contributed by atoms with E-state index < -0.39 is 0 Å². The first-order chi connectivity index (χ1) is 8.28. The SMILES string of the molecule is NCCc1cncc(Oc2ccc(Br)cc2)c1. The fourth-order valence-corrected chi connectivity index (χ4v) is 1.73. The summed E-state index contributed by atoms with van der Waals surface area (Å²) in [6.45, 7) is 0.615. The molecule has 1 aromatic heterocycles. The smallest absolute Gasteiger partial charge is 0.145 e. The summed E-state index contributed by atoms with van der Waals surface area (Å²) in [5, 5.41) is 0. The topological polar surface area (TPSA) is 48.1 Å². The first-order valence-corrected chi connectivity index (χ1v) is 6.14. The van der Waals surface area contributed by atoms with Crippen molar-refractivity contribution in [2.75, 3.05) is 6.54 Å². The number of aromatic nitrogens is 1. The molecule has 0 radical (unpaired) electrons. The molecule has 0 aliphatic heterocycles. The Morgan fingerprint density at radius 2 is 1.88 bits per heavy atom. The molecule has 17 heavy (non-hydrogen) atoms. The summed E-state index contributed by atoms with van der Waals surface area (Å²) in [6.07, 6.45) is 4.31. The molecule has 3 nitrogen and oxygen atoms in total. The van der Waals surface area contributed by atoms with E-state index in [0.717, 1.165) is 28.0 Å². The van der Waals surface area contributed by atoms with Crippen LogP contribution in [-0.4, -0.2) is 11.5 Å². The highest BCUT2D eigenvalue weighted by atomic mass is 79.9. The van der Waals surface area contributed by atoms with Crippen LogP contribution in [0.4, 0.5) is 0 Å². The predicted octanol–water partition coefficient (Wildman–Crippen LogP) is 3.14. The molecule has 0 atom stereocenters. The molecule has 2 aromatic rings. The lowest BCUT2D eigenvalue weighted by molar-refractivity contribution is 0.479. The third-order valence-corrected chi connectivity index (χ3v) is 2.78. The van der Waals surface area contributed by atoms with Gasteiger partial charge in [-0.15, -0.1) is 0 Å². The fraction of sp³-hybridized carbons (Fsp3) is 0.154. The lowest BCUT2D eigenvalue weighted by atomic mass is 10.2. The van der Waals surface area contributed by atoms with Gasteiger partial charge in [-0.1, -0.05) is 15.9 Å². The first-order valence-electron chi connectivity index (χ1n) is 5.35. The number of hydrogen-bond acceptors (Lipinski definition) is 3. The Morgan fingerprint density at radius 3 is 2.59 bits per heavy atom. The van der Waals surface area contributed by atoms with Crippen molar-refractivity contribution in [2.24, 2.45) is 5.73 Å². The Morgan fingerprint density at radius 1 is 1.12 bits per heavy atom. The van der Waals surface area contributed by atoms with Crippen molar-refractivity contribution in [3.63, 3.8) is 0 Å². The van der Waals surface area contributed by atoms with Crippen molar-refractivity contribution in [3.8, 4) is 11.5 Å². The highest BCUT2D eigenvalue weighted by Gasteiger charge is 1.99. The van der Waals surface area contributed by atoms with Crippen LogP contribution in [0.15, 0.2) is 47.2 Å². The van der Waals surface area contributed by atoms with Crippen molar-refractivity contribution in [1.82, 2.24) is 4.98 Å². The zero-order valence-electron chi connectivity index (χ0n) is 9.27. The van der Waals surface area contributed by atoms with Gasteiger partial charge in [-0.2, -0.15) is 0 Å². The summed E-state index contributed by atoms with van der Waals surface area (Å²) in [6, 6.07) is 9.64. The zero-order valence-corrected chi connectivity index (χ0v) is 10.9. The van der Waals surface area contributed by atoms with E-state index >= 15 is 0 Å². The maximum absolute atomic E-state index is 5.70. The average Bonchev–Trinajstić information content (AvgIpc) is 2.33. The largest absolute Gasteiger partial charge is 0.456 e. The van der Waals surface area contributed by atoms with Crippen molar-refractivity contribution < 1.29 is 4.74 Å². The van der Waals surface area contributed by atoms with Gasteiger partial charge in [0.25, 0.3) is 0 Å². The molecule has 1 aromatic carbocycles. The van der Waals surface area contributed by atoms with Crippen LogP contribution in [-0.2, 0) is 6.42 Å². The number of ether oxygens (including phenoxy) is 1. The van der Waals surface area contributed by atoms with Crippen molar-refractivity contribution in [2.45, 2.75) is 6.42 Å². The van der Waals surface area contributed by atoms with Gasteiger partial charge in [0.2, 0.25) is 0 Å². The standard InChI is InChI=1S/C13H13BrN2O/c14-11-1-3-12(4-2-11)17-13-7-10(5-6-15)8-16-9-13/h1-4,7-9H,5-6,15H2. The van der Waals surface area contributed by atoms with Crippen molar-refractivity contribution >= 4 is 15.9 Å². The van der Waals surface area contributed by atoms with Crippen molar-refractivity contribution in [1.29, 1.82) is 0 Å². The van der Waals surface area contributed by atoms with Gasteiger partial charge in [-0.05, 0) is 48.9 Å². The average molecular weight is 293 g/mol. The van der Waals surface area contributed by atoms with E-state index in [1.807, 2.05) is 30.3 Å². The van der Waals surface area contributed by atoms with Gasteiger partial charge < -0.3 is 10.5 Å². The summed E-state index contributed by atoms with van der Waals surface area (Å²) in [7, 11) is 0. The molecular weight excluding hydrogens is 280 g/mol. The minimum Gasteiger partial charge on any atom is -0.456 e. The number of hydrogen-bond donors (Lipinski definition) is 1. The predicted molar refractivity (Wildman–Crippen MR) is 71.2 cm³/mol. The number of rotatable bonds is 4. The Kier molecular flexibility index (Phi) is 4.12. The van der Waals surface area contributed by atoms with Crippen LogP contribution in [0.2, 0.25) is 0 Å². The minimum atomic E-state index is 0.615. The molecule has 2 N–H and O–H groups in total.